The minimum atomic E-state index is -0.498. The second kappa shape index (κ2) is 10.2. The summed E-state index contributed by atoms with van der Waals surface area (Å²) in [6.07, 6.45) is 0. The second-order valence-corrected chi connectivity index (χ2v) is 5.69. The molecule has 3 N–H and O–H groups in total. The molecule has 2 rings (SSSR count). The van der Waals surface area contributed by atoms with Gasteiger partial charge in [-0.25, -0.2) is 0 Å². The molecule has 0 saturated heterocycles. The van der Waals surface area contributed by atoms with Crippen LogP contribution in [0.1, 0.15) is 0 Å². The third kappa shape index (κ3) is 6.96. The minimum Gasteiger partial charge on any atom is -0.484 e. The van der Waals surface area contributed by atoms with Gasteiger partial charge in [-0.1, -0.05) is 41.9 Å². The third-order valence-electron chi connectivity index (χ3n) is 2.88. The van der Waals surface area contributed by atoms with Crippen molar-refractivity contribution in [1.29, 1.82) is 0 Å². The SMILES string of the molecule is O=C(COc1ccccc1Cl)NNC(=S)NC(=O)COc1ccccc1. The molecule has 0 unspecified atom stereocenters. The van der Waals surface area contributed by atoms with E-state index in [1.807, 2.05) is 6.07 Å². The average molecular weight is 394 g/mol. The van der Waals surface area contributed by atoms with E-state index in [1.165, 1.54) is 0 Å². The summed E-state index contributed by atoms with van der Waals surface area (Å²) >= 11 is 10.8. The van der Waals surface area contributed by atoms with E-state index in [-0.39, 0.29) is 18.3 Å². The minimum absolute atomic E-state index is 0.0715. The Labute approximate surface area is 160 Å². The van der Waals surface area contributed by atoms with Gasteiger partial charge in [0.25, 0.3) is 11.8 Å². The Hall–Kier alpha value is -2.84. The van der Waals surface area contributed by atoms with E-state index in [9.17, 15) is 9.59 Å². The van der Waals surface area contributed by atoms with E-state index < -0.39 is 11.8 Å². The first-order valence-electron chi connectivity index (χ1n) is 7.48. The normalized spacial score (nSPS) is 9.73. The van der Waals surface area contributed by atoms with Crippen molar-refractivity contribution in [3.05, 3.63) is 59.6 Å². The van der Waals surface area contributed by atoms with Crippen LogP contribution in [0.3, 0.4) is 0 Å². The summed E-state index contributed by atoms with van der Waals surface area (Å²) in [6, 6.07) is 15.6. The maximum absolute atomic E-state index is 11.7. The monoisotopic (exact) mass is 393 g/mol. The molecule has 0 aliphatic carbocycles. The van der Waals surface area contributed by atoms with Gasteiger partial charge in [0.05, 0.1) is 5.02 Å². The zero-order valence-corrected chi connectivity index (χ0v) is 15.1. The molecule has 0 atom stereocenters. The predicted octanol–water partition coefficient (Wildman–Crippen LogP) is 1.82. The highest BCUT2D eigenvalue weighted by Crippen LogP contribution is 2.22. The highest BCUT2D eigenvalue weighted by atomic mass is 35.5. The third-order valence-corrected chi connectivity index (χ3v) is 3.39. The standard InChI is InChI=1S/C17H16ClN3O4S/c18-13-8-4-5-9-14(13)25-11-16(23)20-21-17(26)19-15(22)10-24-12-6-2-1-3-7-12/h1-9H,10-11H2,(H,20,23)(H2,19,21,22,26). The van der Waals surface area contributed by atoms with Crippen molar-refractivity contribution in [2.45, 2.75) is 0 Å². The van der Waals surface area contributed by atoms with Crippen LogP contribution in [0.4, 0.5) is 0 Å². The summed E-state index contributed by atoms with van der Waals surface area (Å²) < 4.78 is 10.5. The number of thiocarbonyl (C=S) groups is 1. The highest BCUT2D eigenvalue weighted by Gasteiger charge is 2.08. The number of hydrogen-bond acceptors (Lipinski definition) is 5. The Morgan fingerprint density at radius 3 is 2.27 bits per heavy atom. The Balaban J connectivity index is 1.63. The summed E-state index contributed by atoms with van der Waals surface area (Å²) in [6.45, 7) is -0.486. The van der Waals surface area contributed by atoms with Gasteiger partial charge in [-0.2, -0.15) is 0 Å². The van der Waals surface area contributed by atoms with Gasteiger partial charge in [0.15, 0.2) is 18.3 Å². The summed E-state index contributed by atoms with van der Waals surface area (Å²) in [5.41, 5.74) is 4.69. The van der Waals surface area contributed by atoms with Gasteiger partial charge >= 0.3 is 0 Å². The van der Waals surface area contributed by atoms with Crippen molar-refractivity contribution in [2.75, 3.05) is 13.2 Å². The molecule has 2 aromatic rings. The molecular weight excluding hydrogens is 378 g/mol. The van der Waals surface area contributed by atoms with E-state index in [1.54, 1.807) is 48.5 Å². The van der Waals surface area contributed by atoms with E-state index >= 15 is 0 Å². The predicted molar refractivity (Wildman–Crippen MR) is 101 cm³/mol. The maximum Gasteiger partial charge on any atom is 0.276 e. The molecule has 0 aliphatic rings. The average Bonchev–Trinajstić information content (AvgIpc) is 2.65. The molecule has 0 radical (unpaired) electrons. The zero-order chi connectivity index (χ0) is 18.8. The topological polar surface area (TPSA) is 88.7 Å². The smallest absolute Gasteiger partial charge is 0.276 e. The maximum atomic E-state index is 11.7. The molecule has 0 bridgehead atoms. The molecule has 136 valence electrons. The lowest BCUT2D eigenvalue weighted by molar-refractivity contribution is -0.124. The summed E-state index contributed by atoms with van der Waals surface area (Å²) in [5, 5.41) is 2.69. The van der Waals surface area contributed by atoms with E-state index in [4.69, 9.17) is 33.3 Å². The van der Waals surface area contributed by atoms with Crippen LogP contribution in [-0.4, -0.2) is 30.1 Å². The van der Waals surface area contributed by atoms with Crippen molar-refractivity contribution >= 4 is 40.7 Å². The number of halogens is 1. The Morgan fingerprint density at radius 1 is 0.885 bits per heavy atom. The zero-order valence-electron chi connectivity index (χ0n) is 13.5. The molecule has 0 aliphatic heterocycles. The van der Waals surface area contributed by atoms with Crippen molar-refractivity contribution in [2.24, 2.45) is 0 Å². The van der Waals surface area contributed by atoms with E-state index in [0.717, 1.165) is 0 Å². The number of carbonyl (C=O) groups is 2. The molecule has 0 heterocycles. The van der Waals surface area contributed by atoms with Crippen LogP contribution in [0, 0.1) is 0 Å². The Morgan fingerprint density at radius 2 is 1.54 bits per heavy atom. The van der Waals surface area contributed by atoms with Gasteiger partial charge in [-0.3, -0.25) is 25.8 Å². The van der Waals surface area contributed by atoms with Crippen molar-refractivity contribution in [3.8, 4) is 11.5 Å². The molecule has 2 amide bonds. The van der Waals surface area contributed by atoms with Gasteiger partial charge in [0, 0.05) is 0 Å². The van der Waals surface area contributed by atoms with Gasteiger partial charge in [-0.15, -0.1) is 0 Å². The van der Waals surface area contributed by atoms with Crippen molar-refractivity contribution < 1.29 is 19.1 Å². The molecule has 0 fully saturated rings. The first-order chi connectivity index (χ1) is 12.5. The van der Waals surface area contributed by atoms with E-state index in [0.29, 0.717) is 16.5 Å². The summed E-state index contributed by atoms with van der Waals surface area (Å²) in [5.74, 6) is -0.0141. The number of hydrogen-bond donors (Lipinski definition) is 3. The quantitative estimate of drug-likeness (QED) is 0.512. The fraction of sp³-hybridized carbons (Fsp3) is 0.118. The van der Waals surface area contributed by atoms with Crippen LogP contribution < -0.4 is 25.6 Å². The fourth-order valence-electron chi connectivity index (χ4n) is 1.73. The highest BCUT2D eigenvalue weighted by molar-refractivity contribution is 7.80. The number of carbonyl (C=O) groups excluding carboxylic acids is 2. The summed E-state index contributed by atoms with van der Waals surface area (Å²) in [7, 11) is 0. The van der Waals surface area contributed by atoms with E-state index in [2.05, 4.69) is 16.2 Å². The van der Waals surface area contributed by atoms with Gasteiger partial charge in [-0.05, 0) is 36.5 Å². The van der Waals surface area contributed by atoms with Crippen molar-refractivity contribution in [1.82, 2.24) is 16.2 Å². The largest absolute Gasteiger partial charge is 0.484 e. The lowest BCUT2D eigenvalue weighted by atomic mass is 10.3. The molecule has 0 aromatic heterocycles. The number of nitrogens with one attached hydrogen (secondary N) is 3. The molecule has 0 saturated carbocycles. The van der Waals surface area contributed by atoms with Crippen LogP contribution in [0.5, 0.6) is 11.5 Å². The molecule has 7 nitrogen and oxygen atoms in total. The summed E-state index contributed by atoms with van der Waals surface area (Å²) in [4.78, 5) is 23.4. The molecule has 2 aromatic carbocycles. The van der Waals surface area contributed by atoms with Gasteiger partial charge in [0.1, 0.15) is 11.5 Å². The molecule has 26 heavy (non-hydrogen) atoms. The van der Waals surface area contributed by atoms with Crippen molar-refractivity contribution in [3.63, 3.8) is 0 Å². The number of para-hydroxylation sites is 2. The van der Waals surface area contributed by atoms with Crippen LogP contribution in [-0.2, 0) is 9.59 Å². The fourth-order valence-corrected chi connectivity index (χ4v) is 2.08. The number of benzene rings is 2. The van der Waals surface area contributed by atoms with Crippen LogP contribution in [0.2, 0.25) is 5.02 Å². The van der Waals surface area contributed by atoms with Crippen LogP contribution >= 0.6 is 23.8 Å². The van der Waals surface area contributed by atoms with Crippen LogP contribution in [0.25, 0.3) is 0 Å². The molecule has 9 heteroatoms. The van der Waals surface area contributed by atoms with Crippen LogP contribution in [0.15, 0.2) is 54.6 Å². The molecule has 0 spiro atoms. The Kier molecular flexibility index (Phi) is 7.66. The second-order valence-electron chi connectivity index (χ2n) is 4.87. The van der Waals surface area contributed by atoms with Gasteiger partial charge in [0.2, 0.25) is 0 Å². The first-order valence-corrected chi connectivity index (χ1v) is 8.27. The Bertz CT molecular complexity index is 774. The number of rotatable bonds is 6. The molecular formula is C17H16ClN3O4S. The first kappa shape index (κ1) is 19.5. The number of amides is 2. The number of hydrazine groups is 1. The number of ether oxygens (including phenoxy) is 2. The lowest BCUT2D eigenvalue weighted by Gasteiger charge is -2.12. The van der Waals surface area contributed by atoms with Gasteiger partial charge < -0.3 is 9.47 Å². The lowest BCUT2D eigenvalue weighted by Crippen LogP contribution is -2.50.